The molecule has 2 aromatic rings. The van der Waals surface area contributed by atoms with Gasteiger partial charge in [-0.3, -0.25) is 0 Å². The third kappa shape index (κ3) is 3.72. The highest BCUT2D eigenvalue weighted by molar-refractivity contribution is 6.15. The molecule has 1 aromatic heterocycles. The number of ether oxygens (including phenoxy) is 1. The first-order valence-electron chi connectivity index (χ1n) is 6.15. The number of tetrazole rings is 1. The molecule has 0 spiro atoms. The van der Waals surface area contributed by atoms with E-state index in [4.69, 9.17) is 4.74 Å². The molecular weight excluding hydrogens is 274 g/mol. The Bertz CT molecular complexity index is 650. The van der Waals surface area contributed by atoms with Gasteiger partial charge in [0.05, 0.1) is 6.61 Å². The molecule has 0 unspecified atom stereocenters. The van der Waals surface area contributed by atoms with Gasteiger partial charge in [-0.05, 0) is 12.1 Å². The Labute approximate surface area is 120 Å². The molecule has 0 saturated carbocycles. The van der Waals surface area contributed by atoms with Crippen LogP contribution >= 0.6 is 0 Å². The van der Waals surface area contributed by atoms with Crippen LogP contribution in [0, 0.1) is 0 Å². The summed E-state index contributed by atoms with van der Waals surface area (Å²) < 4.78 is 4.90. The number of H-pyrrole nitrogens is 1. The highest BCUT2D eigenvalue weighted by atomic mass is 16.5. The number of carbonyl (C=O) groups excluding carboxylic acids is 1. The average Bonchev–Trinajstić information content (AvgIpc) is 3.02. The molecule has 0 fully saturated rings. The molecule has 8 heteroatoms. The van der Waals surface area contributed by atoms with Gasteiger partial charge < -0.3 is 9.84 Å². The number of aliphatic hydroxyl groups excluding tert-OH is 1. The number of aromatic nitrogens is 4. The van der Waals surface area contributed by atoms with Crippen LogP contribution in [0.4, 0.5) is 5.95 Å². The van der Waals surface area contributed by atoms with Crippen LogP contribution in [-0.2, 0) is 9.53 Å². The predicted octanol–water partition coefficient (Wildman–Crippen LogP) is 1.43. The second-order valence-electron chi connectivity index (χ2n) is 3.82. The zero-order valence-electron chi connectivity index (χ0n) is 11.2. The van der Waals surface area contributed by atoms with Crippen LogP contribution in [0.2, 0.25) is 0 Å². The number of aliphatic imine (C=N–C) groups is 1. The molecular formula is C13H13N5O3. The normalized spacial score (nSPS) is 12.2. The van der Waals surface area contributed by atoms with Gasteiger partial charge in [-0.2, -0.15) is 5.21 Å². The van der Waals surface area contributed by atoms with Crippen LogP contribution in [0.5, 0.6) is 0 Å². The van der Waals surface area contributed by atoms with Crippen molar-refractivity contribution in [2.75, 3.05) is 6.61 Å². The zero-order chi connectivity index (χ0) is 15.1. The number of hydrogen-bond donors (Lipinski definition) is 2. The third-order valence-electron chi connectivity index (χ3n) is 2.44. The number of benzene rings is 1. The second kappa shape index (κ2) is 6.94. The quantitative estimate of drug-likeness (QED) is 0.372. The molecule has 0 radical (unpaired) electrons. The summed E-state index contributed by atoms with van der Waals surface area (Å²) in [7, 11) is 0. The van der Waals surface area contributed by atoms with Gasteiger partial charge in [-0.15, -0.1) is 5.10 Å². The van der Waals surface area contributed by atoms with E-state index in [0.29, 0.717) is 5.56 Å². The Balaban J connectivity index is 2.38. The first kappa shape index (κ1) is 14.4. The number of aliphatic hydroxyl groups is 1. The Hall–Kier alpha value is -3.03. The zero-order valence-corrected chi connectivity index (χ0v) is 11.2. The summed E-state index contributed by atoms with van der Waals surface area (Å²) in [5, 5.41) is 23.0. The van der Waals surface area contributed by atoms with E-state index in [9.17, 15) is 9.90 Å². The van der Waals surface area contributed by atoms with E-state index in [-0.39, 0.29) is 23.9 Å². The lowest BCUT2D eigenvalue weighted by Gasteiger charge is -2.06. The minimum atomic E-state index is -0.689. The van der Waals surface area contributed by atoms with Crippen LogP contribution < -0.4 is 0 Å². The van der Waals surface area contributed by atoms with Gasteiger partial charge in [0.1, 0.15) is 11.3 Å². The van der Waals surface area contributed by atoms with E-state index in [1.165, 1.54) is 0 Å². The van der Waals surface area contributed by atoms with Crippen LogP contribution in [0.3, 0.4) is 0 Å². The monoisotopic (exact) mass is 287 g/mol. The Morgan fingerprint density at radius 2 is 2.19 bits per heavy atom. The maximum atomic E-state index is 11.9. The number of nitrogens with one attached hydrogen (secondary N) is 1. The van der Waals surface area contributed by atoms with Gasteiger partial charge in [-0.1, -0.05) is 35.4 Å². The van der Waals surface area contributed by atoms with Crippen molar-refractivity contribution in [2.45, 2.75) is 6.92 Å². The molecule has 0 aliphatic rings. The molecule has 21 heavy (non-hydrogen) atoms. The lowest BCUT2D eigenvalue weighted by molar-refractivity contribution is -0.137. The summed E-state index contributed by atoms with van der Waals surface area (Å²) in [5.74, 6) is -0.884. The van der Waals surface area contributed by atoms with Crippen molar-refractivity contribution in [1.29, 1.82) is 0 Å². The standard InChI is InChI=1S/C13H13N5O3/c1-2-21-12(20)10(8-14-13-15-17-18-16-13)11(19)9-6-4-3-5-7-9/h3-8,19H,2H2,1H3,(H,15,16,17,18)/b11-10+,14-8+. The molecule has 0 atom stereocenters. The summed E-state index contributed by atoms with van der Waals surface area (Å²) in [6.45, 7) is 1.85. The predicted molar refractivity (Wildman–Crippen MR) is 75.0 cm³/mol. The number of carbonyl (C=O) groups is 1. The fraction of sp³-hybridized carbons (Fsp3) is 0.154. The van der Waals surface area contributed by atoms with Crippen LogP contribution in [0.25, 0.3) is 5.76 Å². The molecule has 0 aliphatic carbocycles. The Kier molecular flexibility index (Phi) is 4.75. The van der Waals surface area contributed by atoms with E-state index >= 15 is 0 Å². The lowest BCUT2D eigenvalue weighted by Crippen LogP contribution is -2.11. The first-order chi connectivity index (χ1) is 10.2. The number of rotatable bonds is 5. The van der Waals surface area contributed by atoms with Crippen molar-refractivity contribution in [3.8, 4) is 0 Å². The topological polar surface area (TPSA) is 113 Å². The summed E-state index contributed by atoms with van der Waals surface area (Å²) in [6.07, 6.45) is 1.14. The molecule has 0 bridgehead atoms. The number of esters is 1. The fourth-order valence-electron chi connectivity index (χ4n) is 1.50. The van der Waals surface area contributed by atoms with Gasteiger partial charge in [0.25, 0.3) is 5.95 Å². The smallest absolute Gasteiger partial charge is 0.343 e. The van der Waals surface area contributed by atoms with Gasteiger partial charge >= 0.3 is 5.97 Å². The van der Waals surface area contributed by atoms with Crippen molar-refractivity contribution in [2.24, 2.45) is 4.99 Å². The van der Waals surface area contributed by atoms with E-state index in [1.807, 2.05) is 0 Å². The minimum absolute atomic E-state index is 0.0395. The molecule has 108 valence electrons. The third-order valence-corrected chi connectivity index (χ3v) is 2.44. The van der Waals surface area contributed by atoms with Crippen molar-refractivity contribution in [3.63, 3.8) is 0 Å². The molecule has 0 saturated heterocycles. The van der Waals surface area contributed by atoms with E-state index < -0.39 is 5.97 Å². The molecule has 2 N–H and O–H groups in total. The number of nitrogens with zero attached hydrogens (tertiary/aromatic N) is 4. The molecule has 8 nitrogen and oxygen atoms in total. The summed E-state index contributed by atoms with van der Waals surface area (Å²) in [6, 6.07) is 8.61. The molecule has 1 heterocycles. The SMILES string of the molecule is CCOC(=O)C(/C=N/c1nn[nH]n1)=C(/O)c1ccccc1. The van der Waals surface area contributed by atoms with Gasteiger partial charge in [0, 0.05) is 11.8 Å². The van der Waals surface area contributed by atoms with E-state index in [0.717, 1.165) is 6.21 Å². The molecule has 2 rings (SSSR count). The van der Waals surface area contributed by atoms with Crippen LogP contribution in [-0.4, -0.2) is 44.5 Å². The lowest BCUT2D eigenvalue weighted by atomic mass is 10.1. The van der Waals surface area contributed by atoms with Gasteiger partial charge in [-0.25, -0.2) is 9.79 Å². The second-order valence-corrected chi connectivity index (χ2v) is 3.82. The fourth-order valence-corrected chi connectivity index (χ4v) is 1.50. The van der Waals surface area contributed by atoms with Gasteiger partial charge in [0.2, 0.25) is 0 Å². The largest absolute Gasteiger partial charge is 0.506 e. The summed E-state index contributed by atoms with van der Waals surface area (Å²) in [4.78, 5) is 15.8. The number of hydrogen-bond acceptors (Lipinski definition) is 7. The Morgan fingerprint density at radius 3 is 2.81 bits per heavy atom. The van der Waals surface area contributed by atoms with Crippen molar-refractivity contribution < 1.29 is 14.6 Å². The highest BCUT2D eigenvalue weighted by Gasteiger charge is 2.16. The van der Waals surface area contributed by atoms with E-state index in [1.54, 1.807) is 37.3 Å². The molecule has 0 amide bonds. The Morgan fingerprint density at radius 1 is 1.43 bits per heavy atom. The maximum Gasteiger partial charge on any atom is 0.343 e. The van der Waals surface area contributed by atoms with Crippen molar-refractivity contribution in [1.82, 2.24) is 20.6 Å². The van der Waals surface area contributed by atoms with E-state index in [2.05, 4.69) is 25.6 Å². The van der Waals surface area contributed by atoms with Crippen LogP contribution in [0.1, 0.15) is 12.5 Å². The van der Waals surface area contributed by atoms with Crippen molar-refractivity contribution in [3.05, 3.63) is 41.5 Å². The van der Waals surface area contributed by atoms with Gasteiger partial charge in [0.15, 0.2) is 0 Å². The summed E-state index contributed by atoms with van der Waals surface area (Å²) in [5.41, 5.74) is 0.382. The minimum Gasteiger partial charge on any atom is -0.506 e. The summed E-state index contributed by atoms with van der Waals surface area (Å²) >= 11 is 0. The first-order valence-corrected chi connectivity index (χ1v) is 6.15. The molecule has 1 aromatic carbocycles. The number of aromatic amines is 1. The van der Waals surface area contributed by atoms with Crippen molar-refractivity contribution >= 4 is 23.9 Å². The van der Waals surface area contributed by atoms with Crippen LogP contribution in [0.15, 0.2) is 40.9 Å². The highest BCUT2D eigenvalue weighted by Crippen LogP contribution is 2.16. The maximum absolute atomic E-state index is 11.9. The average molecular weight is 287 g/mol. The molecule has 0 aliphatic heterocycles.